The van der Waals surface area contributed by atoms with Crippen LogP contribution in [-0.4, -0.2) is 31.1 Å². The highest BCUT2D eigenvalue weighted by molar-refractivity contribution is 5.47. The second-order valence-corrected chi connectivity index (χ2v) is 3.90. The van der Waals surface area contributed by atoms with Crippen LogP contribution in [0.1, 0.15) is 19.4 Å². The number of nitrogens with two attached hydrogens (primary N) is 1. The van der Waals surface area contributed by atoms with E-state index in [1.165, 1.54) is 0 Å². The summed E-state index contributed by atoms with van der Waals surface area (Å²) in [6, 6.07) is 5.77. The Morgan fingerprint density at radius 1 is 1.25 bits per heavy atom. The Morgan fingerprint density at radius 3 is 2.56 bits per heavy atom. The lowest BCUT2D eigenvalue weighted by Crippen LogP contribution is -2.28. The molecule has 1 aromatic carbocycles. The molecule has 0 aliphatic rings. The molecule has 0 unspecified atom stereocenters. The minimum absolute atomic E-state index is 0.714. The number of aryl methyl sites for hydroxylation is 1. The van der Waals surface area contributed by atoms with Crippen molar-refractivity contribution in [3.8, 4) is 5.75 Å². The zero-order chi connectivity index (χ0) is 12.0. The lowest BCUT2D eigenvalue weighted by Gasteiger charge is -2.18. The van der Waals surface area contributed by atoms with Gasteiger partial charge in [0.2, 0.25) is 0 Å². The fraction of sp³-hybridized carbons (Fsp3) is 0.538. The summed E-state index contributed by atoms with van der Waals surface area (Å²) in [5.74, 6) is 0.896. The molecule has 0 bridgehead atoms. The van der Waals surface area contributed by atoms with E-state index in [0.29, 0.717) is 6.61 Å². The van der Waals surface area contributed by atoms with Crippen molar-refractivity contribution in [2.75, 3.05) is 32.0 Å². The number of hydrogen-bond donors (Lipinski definition) is 1. The lowest BCUT2D eigenvalue weighted by molar-refractivity contribution is 0.222. The van der Waals surface area contributed by atoms with Gasteiger partial charge in [0.25, 0.3) is 0 Å². The Hall–Kier alpha value is -1.22. The van der Waals surface area contributed by atoms with Crippen molar-refractivity contribution >= 4 is 5.69 Å². The van der Waals surface area contributed by atoms with Crippen LogP contribution in [0.2, 0.25) is 0 Å². The van der Waals surface area contributed by atoms with Gasteiger partial charge >= 0.3 is 0 Å². The number of ether oxygens (including phenoxy) is 1. The van der Waals surface area contributed by atoms with E-state index in [-0.39, 0.29) is 0 Å². The highest BCUT2D eigenvalue weighted by Gasteiger charge is 2.02. The van der Waals surface area contributed by atoms with Crippen molar-refractivity contribution in [1.29, 1.82) is 0 Å². The molecule has 0 saturated heterocycles. The Morgan fingerprint density at radius 2 is 1.94 bits per heavy atom. The van der Waals surface area contributed by atoms with Gasteiger partial charge in [0.1, 0.15) is 12.4 Å². The monoisotopic (exact) mass is 222 g/mol. The smallest absolute Gasteiger partial charge is 0.124 e. The standard InChI is InChI=1S/C13H22N2O/c1-4-15(5-2)8-9-16-13-10-12(14)7-6-11(13)3/h6-7,10H,4-5,8-9,14H2,1-3H3. The maximum absolute atomic E-state index is 5.73. The quantitative estimate of drug-likeness (QED) is 0.751. The molecular formula is C13H22N2O. The Kier molecular flexibility index (Phi) is 5.12. The van der Waals surface area contributed by atoms with E-state index >= 15 is 0 Å². The summed E-state index contributed by atoms with van der Waals surface area (Å²) in [4.78, 5) is 2.33. The molecule has 0 aromatic heterocycles. The van der Waals surface area contributed by atoms with Crippen molar-refractivity contribution in [2.45, 2.75) is 20.8 Å². The summed E-state index contributed by atoms with van der Waals surface area (Å²) < 4.78 is 5.73. The summed E-state index contributed by atoms with van der Waals surface area (Å²) in [7, 11) is 0. The van der Waals surface area contributed by atoms with Crippen LogP contribution in [0.5, 0.6) is 5.75 Å². The Balaban J connectivity index is 2.45. The number of nitrogen functional groups attached to an aromatic ring is 1. The van der Waals surface area contributed by atoms with Gasteiger partial charge in [-0.3, -0.25) is 0 Å². The van der Waals surface area contributed by atoms with E-state index < -0.39 is 0 Å². The van der Waals surface area contributed by atoms with Crippen molar-refractivity contribution in [3.63, 3.8) is 0 Å². The van der Waals surface area contributed by atoms with E-state index in [0.717, 1.165) is 36.6 Å². The van der Waals surface area contributed by atoms with E-state index in [1.54, 1.807) is 0 Å². The third-order valence-corrected chi connectivity index (χ3v) is 2.77. The normalized spacial score (nSPS) is 10.8. The van der Waals surface area contributed by atoms with Crippen molar-refractivity contribution < 1.29 is 4.74 Å². The van der Waals surface area contributed by atoms with Gasteiger partial charge in [-0.05, 0) is 31.6 Å². The molecule has 0 spiro atoms. The number of hydrogen-bond acceptors (Lipinski definition) is 3. The summed E-state index contributed by atoms with van der Waals surface area (Å²) in [6.07, 6.45) is 0. The molecule has 0 saturated carbocycles. The number of benzene rings is 1. The molecule has 0 radical (unpaired) electrons. The first kappa shape index (κ1) is 12.8. The molecule has 90 valence electrons. The molecular weight excluding hydrogens is 200 g/mol. The summed E-state index contributed by atoms with van der Waals surface area (Å²) in [6.45, 7) is 10.2. The second-order valence-electron chi connectivity index (χ2n) is 3.90. The first-order valence-corrected chi connectivity index (χ1v) is 5.88. The number of likely N-dealkylation sites (N-methyl/N-ethyl adjacent to an activating group) is 1. The van der Waals surface area contributed by atoms with Gasteiger partial charge in [-0.2, -0.15) is 0 Å². The average Bonchev–Trinajstić information content (AvgIpc) is 2.29. The van der Waals surface area contributed by atoms with Gasteiger partial charge in [-0.1, -0.05) is 19.9 Å². The minimum atomic E-state index is 0.714. The topological polar surface area (TPSA) is 38.5 Å². The van der Waals surface area contributed by atoms with Crippen LogP contribution in [0.4, 0.5) is 5.69 Å². The molecule has 0 heterocycles. The highest BCUT2D eigenvalue weighted by Crippen LogP contribution is 2.20. The number of rotatable bonds is 6. The average molecular weight is 222 g/mol. The predicted octanol–water partition coefficient (Wildman–Crippen LogP) is 2.30. The van der Waals surface area contributed by atoms with Crippen molar-refractivity contribution in [2.24, 2.45) is 0 Å². The van der Waals surface area contributed by atoms with Crippen LogP contribution >= 0.6 is 0 Å². The molecule has 3 heteroatoms. The van der Waals surface area contributed by atoms with Crippen molar-refractivity contribution in [3.05, 3.63) is 23.8 Å². The largest absolute Gasteiger partial charge is 0.492 e. The van der Waals surface area contributed by atoms with E-state index in [2.05, 4.69) is 18.7 Å². The number of anilines is 1. The zero-order valence-electron chi connectivity index (χ0n) is 10.5. The molecule has 1 aromatic rings. The minimum Gasteiger partial charge on any atom is -0.492 e. The molecule has 0 amide bonds. The van der Waals surface area contributed by atoms with Crippen LogP contribution in [0.25, 0.3) is 0 Å². The van der Waals surface area contributed by atoms with E-state index in [4.69, 9.17) is 10.5 Å². The van der Waals surface area contributed by atoms with Crippen LogP contribution in [0.15, 0.2) is 18.2 Å². The lowest BCUT2D eigenvalue weighted by atomic mass is 10.2. The van der Waals surface area contributed by atoms with Crippen LogP contribution in [0.3, 0.4) is 0 Å². The van der Waals surface area contributed by atoms with Gasteiger partial charge in [-0.25, -0.2) is 0 Å². The number of nitrogens with zero attached hydrogens (tertiary/aromatic N) is 1. The van der Waals surface area contributed by atoms with Gasteiger partial charge in [0.05, 0.1) is 0 Å². The van der Waals surface area contributed by atoms with Crippen LogP contribution in [-0.2, 0) is 0 Å². The molecule has 2 N–H and O–H groups in total. The fourth-order valence-electron chi connectivity index (χ4n) is 1.60. The van der Waals surface area contributed by atoms with Crippen LogP contribution in [0, 0.1) is 6.92 Å². The predicted molar refractivity (Wildman–Crippen MR) is 68.9 cm³/mol. The summed E-state index contributed by atoms with van der Waals surface area (Å²) in [5.41, 5.74) is 7.61. The molecule has 16 heavy (non-hydrogen) atoms. The molecule has 0 aliphatic carbocycles. The zero-order valence-corrected chi connectivity index (χ0v) is 10.5. The van der Waals surface area contributed by atoms with E-state index in [9.17, 15) is 0 Å². The van der Waals surface area contributed by atoms with Gasteiger partial charge in [-0.15, -0.1) is 0 Å². The molecule has 1 rings (SSSR count). The SMILES string of the molecule is CCN(CC)CCOc1cc(N)ccc1C. The summed E-state index contributed by atoms with van der Waals surface area (Å²) in [5, 5.41) is 0. The van der Waals surface area contributed by atoms with Gasteiger partial charge in [0.15, 0.2) is 0 Å². The Bertz CT molecular complexity index is 322. The molecule has 0 fully saturated rings. The highest BCUT2D eigenvalue weighted by atomic mass is 16.5. The first-order valence-electron chi connectivity index (χ1n) is 5.88. The van der Waals surface area contributed by atoms with Gasteiger partial charge in [0, 0.05) is 18.3 Å². The fourth-order valence-corrected chi connectivity index (χ4v) is 1.60. The summed E-state index contributed by atoms with van der Waals surface area (Å²) >= 11 is 0. The molecule has 0 atom stereocenters. The second kappa shape index (κ2) is 6.38. The van der Waals surface area contributed by atoms with E-state index in [1.807, 2.05) is 25.1 Å². The van der Waals surface area contributed by atoms with Crippen molar-refractivity contribution in [1.82, 2.24) is 4.90 Å². The maximum atomic E-state index is 5.73. The molecule has 3 nitrogen and oxygen atoms in total. The first-order chi connectivity index (χ1) is 7.67. The van der Waals surface area contributed by atoms with Crippen LogP contribution < -0.4 is 10.5 Å². The van der Waals surface area contributed by atoms with Gasteiger partial charge < -0.3 is 15.4 Å². The maximum Gasteiger partial charge on any atom is 0.124 e. The third-order valence-electron chi connectivity index (χ3n) is 2.77. The molecule has 0 aliphatic heterocycles. The Labute approximate surface area is 98.2 Å². The third kappa shape index (κ3) is 3.74.